The van der Waals surface area contributed by atoms with Crippen molar-refractivity contribution in [2.24, 2.45) is 0 Å². The van der Waals surface area contributed by atoms with Gasteiger partial charge < -0.3 is 9.80 Å². The Morgan fingerprint density at radius 2 is 1.42 bits per heavy atom. The van der Waals surface area contributed by atoms with Gasteiger partial charge in [0.25, 0.3) is 0 Å². The first-order valence-electron chi connectivity index (χ1n) is 7.57. The van der Waals surface area contributed by atoms with Gasteiger partial charge in [0.15, 0.2) is 0 Å². The molecule has 2 aromatic heterocycles. The fraction of sp³-hybridized carbons (Fsp3) is 0.412. The molecule has 0 unspecified atom stereocenters. The van der Waals surface area contributed by atoms with E-state index in [1.807, 2.05) is 12.4 Å². The Labute approximate surface area is 181 Å². The molecule has 0 saturated heterocycles. The van der Waals surface area contributed by atoms with E-state index in [4.69, 9.17) is 0 Å². The molecular weight excluding hydrogens is 518 g/mol. The average molecular weight is 540 g/mol. The summed E-state index contributed by atoms with van der Waals surface area (Å²) in [6.45, 7) is 4.30. The summed E-state index contributed by atoms with van der Waals surface area (Å²) in [6, 6.07) is 4.37. The number of aromatic nitrogens is 2. The largest absolute Gasteiger partial charge is 0.359 e. The van der Waals surface area contributed by atoms with E-state index in [0.29, 0.717) is 0 Å². The number of anilines is 2. The van der Waals surface area contributed by atoms with Gasteiger partial charge in [-0.05, 0) is 58.5 Å². The minimum absolute atomic E-state index is 0. The van der Waals surface area contributed by atoms with E-state index in [1.54, 1.807) is 0 Å². The predicted molar refractivity (Wildman–Crippen MR) is 110 cm³/mol. The first-order valence-corrected chi connectivity index (χ1v) is 8.36. The van der Waals surface area contributed by atoms with Gasteiger partial charge in [0, 0.05) is 62.6 Å². The molecule has 0 atom stereocenters. The second kappa shape index (κ2) is 9.41. The zero-order valence-corrected chi connectivity index (χ0v) is 19.5. The molecule has 2 aromatic rings. The Morgan fingerprint density at radius 3 is 2.00 bits per heavy atom. The van der Waals surface area contributed by atoms with Gasteiger partial charge in [0.2, 0.25) is 0 Å². The monoisotopic (exact) mass is 539 g/mol. The van der Waals surface area contributed by atoms with Crippen molar-refractivity contribution in [2.75, 3.05) is 37.0 Å². The van der Waals surface area contributed by atoms with Crippen LogP contribution in [0, 0.1) is 6.92 Å². The maximum Gasteiger partial charge on any atom is 0.131 e. The normalized spacial score (nSPS) is 14.0. The maximum absolute atomic E-state index is 4.37. The standard InChI is InChI=1S/C9H12N2.C8H9BrN2.HI.V/c1-7-5-8-3-4-11(2)9(8)10-6-7;1-11-3-2-6-4-7(9)5-10-8(6)11;;/h5-6H,3-4H2,1-2H3;4-5H,2-3H2,1H3;1H;. The second-order valence-corrected chi connectivity index (χ2v) is 6.89. The molecule has 0 spiro atoms. The number of nitrogens with zero attached hydrogens (tertiary/aromatic N) is 4. The van der Waals surface area contributed by atoms with E-state index in [9.17, 15) is 0 Å². The molecule has 4 rings (SSSR count). The summed E-state index contributed by atoms with van der Waals surface area (Å²) >= 11 is 3.40. The SMILES string of the molecule is CN1CCc2cc(Br)cnc21.Cc1cnc2c(c1)CCN2C.I.[V]. The number of fused-ring (bicyclic) bond motifs is 2. The van der Waals surface area contributed by atoms with E-state index in [1.165, 1.54) is 16.7 Å². The van der Waals surface area contributed by atoms with E-state index < -0.39 is 0 Å². The van der Waals surface area contributed by atoms with E-state index in [0.717, 1.165) is 42.0 Å². The van der Waals surface area contributed by atoms with Gasteiger partial charge in [-0.3, -0.25) is 0 Å². The third-order valence-corrected chi connectivity index (χ3v) is 4.58. The average Bonchev–Trinajstić information content (AvgIpc) is 3.03. The van der Waals surface area contributed by atoms with Gasteiger partial charge >= 0.3 is 0 Å². The molecule has 24 heavy (non-hydrogen) atoms. The number of hydrogen-bond donors (Lipinski definition) is 0. The molecule has 0 bridgehead atoms. The van der Waals surface area contributed by atoms with Gasteiger partial charge in [-0.1, -0.05) is 6.07 Å². The summed E-state index contributed by atoms with van der Waals surface area (Å²) < 4.78 is 1.08. The van der Waals surface area contributed by atoms with Crippen molar-refractivity contribution in [3.8, 4) is 0 Å². The van der Waals surface area contributed by atoms with Crippen LogP contribution in [0.5, 0.6) is 0 Å². The van der Waals surface area contributed by atoms with Crippen molar-refractivity contribution < 1.29 is 18.6 Å². The topological polar surface area (TPSA) is 32.3 Å². The van der Waals surface area contributed by atoms with Gasteiger partial charge in [0.05, 0.1) is 0 Å². The van der Waals surface area contributed by atoms with Crippen LogP contribution >= 0.6 is 39.9 Å². The van der Waals surface area contributed by atoms with Crippen molar-refractivity contribution in [1.29, 1.82) is 0 Å². The molecule has 2 aliphatic heterocycles. The molecule has 2 aliphatic rings. The second-order valence-electron chi connectivity index (χ2n) is 5.97. The third kappa shape index (κ3) is 4.87. The maximum atomic E-state index is 4.37. The molecule has 0 amide bonds. The number of halogens is 2. The molecule has 0 aliphatic carbocycles. The molecule has 129 valence electrons. The Morgan fingerprint density at radius 1 is 0.917 bits per heavy atom. The Hall–Kier alpha value is -0.306. The Balaban J connectivity index is 0.000000222. The van der Waals surface area contributed by atoms with Crippen LogP contribution in [-0.4, -0.2) is 37.2 Å². The molecule has 4 nitrogen and oxygen atoms in total. The number of aryl methyl sites for hydroxylation is 1. The predicted octanol–water partition coefficient (Wildman–Crippen LogP) is 3.83. The first-order chi connectivity index (χ1) is 10.5. The van der Waals surface area contributed by atoms with Crippen LogP contribution in [0.4, 0.5) is 11.6 Å². The molecule has 1 radical (unpaired) electrons. The van der Waals surface area contributed by atoms with Crippen LogP contribution < -0.4 is 9.80 Å². The summed E-state index contributed by atoms with van der Waals surface area (Å²) in [5, 5.41) is 0. The van der Waals surface area contributed by atoms with Crippen LogP contribution in [0.25, 0.3) is 0 Å². The number of pyridine rings is 2. The number of rotatable bonds is 0. The fourth-order valence-corrected chi connectivity index (χ4v) is 3.32. The van der Waals surface area contributed by atoms with Crippen molar-refractivity contribution >= 4 is 51.5 Å². The summed E-state index contributed by atoms with van der Waals surface area (Å²) in [6.07, 6.45) is 6.06. The molecule has 0 fully saturated rings. The van der Waals surface area contributed by atoms with Crippen LogP contribution in [0.15, 0.2) is 29.0 Å². The molecule has 7 heteroatoms. The summed E-state index contributed by atoms with van der Waals surface area (Å²) in [5.41, 5.74) is 4.01. The molecule has 4 heterocycles. The van der Waals surface area contributed by atoms with E-state index >= 15 is 0 Å². The third-order valence-electron chi connectivity index (χ3n) is 4.15. The smallest absolute Gasteiger partial charge is 0.131 e. The van der Waals surface area contributed by atoms with Crippen LogP contribution in [0.2, 0.25) is 0 Å². The first kappa shape index (κ1) is 21.7. The van der Waals surface area contributed by atoms with Gasteiger partial charge in [-0.15, -0.1) is 24.0 Å². The van der Waals surface area contributed by atoms with Crippen LogP contribution in [0.1, 0.15) is 16.7 Å². The minimum Gasteiger partial charge on any atom is -0.359 e. The van der Waals surface area contributed by atoms with Crippen molar-refractivity contribution in [2.45, 2.75) is 19.8 Å². The molecule has 0 aromatic carbocycles. The summed E-state index contributed by atoms with van der Waals surface area (Å²) in [4.78, 5) is 13.1. The van der Waals surface area contributed by atoms with Crippen molar-refractivity contribution in [3.63, 3.8) is 0 Å². The Kier molecular flexibility index (Phi) is 8.52. The van der Waals surface area contributed by atoms with Gasteiger partial charge in [-0.25, -0.2) is 9.97 Å². The summed E-state index contributed by atoms with van der Waals surface area (Å²) in [7, 11) is 4.17. The van der Waals surface area contributed by atoms with Crippen molar-refractivity contribution in [1.82, 2.24) is 9.97 Å². The van der Waals surface area contributed by atoms with E-state index in [-0.39, 0.29) is 42.5 Å². The van der Waals surface area contributed by atoms with Gasteiger partial charge in [0.1, 0.15) is 11.6 Å². The van der Waals surface area contributed by atoms with Gasteiger partial charge in [-0.2, -0.15) is 0 Å². The zero-order chi connectivity index (χ0) is 15.7. The van der Waals surface area contributed by atoms with Crippen LogP contribution in [-0.2, 0) is 31.4 Å². The zero-order valence-electron chi connectivity index (χ0n) is 14.2. The number of hydrogen-bond acceptors (Lipinski definition) is 4. The fourth-order valence-electron chi connectivity index (χ4n) is 2.94. The van der Waals surface area contributed by atoms with Crippen molar-refractivity contribution in [3.05, 3.63) is 45.7 Å². The quantitative estimate of drug-likeness (QED) is 0.476. The van der Waals surface area contributed by atoms with E-state index in [2.05, 4.69) is 68.8 Å². The van der Waals surface area contributed by atoms with Crippen LogP contribution in [0.3, 0.4) is 0 Å². The molecule has 0 saturated carbocycles. The summed E-state index contributed by atoms with van der Waals surface area (Å²) in [5.74, 6) is 2.30. The minimum atomic E-state index is 0. The molecular formula is C17H22BrIN4V. The molecule has 0 N–H and O–H groups in total. The number of likely N-dealkylation sites (N-methyl/N-ethyl adjacent to an activating group) is 2. The Bertz CT molecular complexity index is 639.